The number of phenols is 1. The number of benzene rings is 1. The summed E-state index contributed by atoms with van der Waals surface area (Å²) < 4.78 is 6.13. The molecule has 6 heteroatoms. The van der Waals surface area contributed by atoms with Crippen LogP contribution in [-0.2, 0) is 0 Å². The van der Waals surface area contributed by atoms with Crippen LogP contribution in [0.1, 0.15) is 0 Å². The summed E-state index contributed by atoms with van der Waals surface area (Å²) in [4.78, 5) is 6.03. The molecule has 2 rings (SSSR count). The number of halogens is 2. The molecule has 0 atom stereocenters. The number of aromatic hydroxyl groups is 1. The van der Waals surface area contributed by atoms with Crippen LogP contribution in [0.2, 0.25) is 0 Å². The third-order valence-electron chi connectivity index (χ3n) is 2.24. The van der Waals surface area contributed by atoms with Gasteiger partial charge >= 0.3 is 0 Å². The fourth-order valence-electron chi connectivity index (χ4n) is 1.50. The fraction of sp³-hybridized carbons (Fsp3) is 0.300. The third kappa shape index (κ3) is 2.52. The van der Waals surface area contributed by atoms with E-state index in [1.807, 2.05) is 11.0 Å². The maximum Gasteiger partial charge on any atom is 0.182 e. The van der Waals surface area contributed by atoms with Gasteiger partial charge in [0.1, 0.15) is 0 Å². The van der Waals surface area contributed by atoms with E-state index in [0.717, 1.165) is 22.3 Å². The minimum atomic E-state index is 0. The van der Waals surface area contributed by atoms with Gasteiger partial charge in [-0.3, -0.25) is 4.99 Å². The molecule has 0 fully saturated rings. The van der Waals surface area contributed by atoms with Gasteiger partial charge in [0, 0.05) is 10.1 Å². The van der Waals surface area contributed by atoms with Crippen molar-refractivity contribution in [2.45, 2.75) is 0 Å². The van der Waals surface area contributed by atoms with Crippen molar-refractivity contribution in [1.29, 1.82) is 0 Å². The van der Waals surface area contributed by atoms with E-state index in [1.54, 1.807) is 19.5 Å². The van der Waals surface area contributed by atoms with E-state index < -0.39 is 0 Å². The molecule has 0 radical (unpaired) electrons. The molecule has 1 N–H and O–H groups in total. The highest BCUT2D eigenvalue weighted by atomic mass is 127. The molecule has 4 nitrogen and oxygen atoms in total. The molecule has 1 aromatic carbocycles. The van der Waals surface area contributed by atoms with Gasteiger partial charge in [-0.1, -0.05) is 0 Å². The smallest absolute Gasteiger partial charge is 0.182 e. The fourth-order valence-corrected chi connectivity index (χ4v) is 2.07. The number of ether oxygens (including phenoxy) is 1. The van der Waals surface area contributed by atoms with Crippen molar-refractivity contribution >= 4 is 47.0 Å². The van der Waals surface area contributed by atoms with Gasteiger partial charge in [0.15, 0.2) is 11.5 Å². The Balaban J connectivity index is 0.00000128. The SMILES string of the molecule is COc1cc(I)cc(N2C=NCC2)c1O.Cl. The molecule has 0 saturated heterocycles. The second kappa shape index (κ2) is 5.58. The largest absolute Gasteiger partial charge is 0.503 e. The summed E-state index contributed by atoms with van der Waals surface area (Å²) in [6.45, 7) is 1.57. The van der Waals surface area contributed by atoms with E-state index in [0.29, 0.717) is 5.75 Å². The minimum absolute atomic E-state index is 0. The topological polar surface area (TPSA) is 45.1 Å². The second-order valence-corrected chi connectivity index (χ2v) is 4.44. The first kappa shape index (κ1) is 13.4. The van der Waals surface area contributed by atoms with Gasteiger partial charge < -0.3 is 14.7 Å². The lowest BCUT2D eigenvalue weighted by molar-refractivity contribution is 0.374. The molecule has 16 heavy (non-hydrogen) atoms. The Morgan fingerprint density at radius 2 is 2.25 bits per heavy atom. The highest BCUT2D eigenvalue weighted by molar-refractivity contribution is 14.1. The predicted molar refractivity (Wildman–Crippen MR) is 75.3 cm³/mol. The summed E-state index contributed by atoms with van der Waals surface area (Å²) in [5.41, 5.74) is 0.750. The molecule has 1 aromatic rings. The van der Waals surface area contributed by atoms with Crippen molar-refractivity contribution in [3.63, 3.8) is 0 Å². The molecule has 0 unspecified atom stereocenters. The van der Waals surface area contributed by atoms with Crippen LogP contribution in [-0.4, -0.2) is 31.6 Å². The first-order valence-electron chi connectivity index (χ1n) is 4.55. The summed E-state index contributed by atoms with van der Waals surface area (Å²) >= 11 is 2.20. The molecule has 1 heterocycles. The van der Waals surface area contributed by atoms with Crippen LogP contribution in [0.4, 0.5) is 5.69 Å². The summed E-state index contributed by atoms with van der Waals surface area (Å²) in [5.74, 6) is 0.670. The van der Waals surface area contributed by atoms with Crippen LogP contribution < -0.4 is 9.64 Å². The van der Waals surface area contributed by atoms with E-state index in [1.165, 1.54) is 0 Å². The Morgan fingerprint density at radius 3 is 2.81 bits per heavy atom. The van der Waals surface area contributed by atoms with Gasteiger partial charge in [-0.05, 0) is 34.7 Å². The predicted octanol–water partition coefficient (Wildman–Crippen LogP) is 2.28. The summed E-state index contributed by atoms with van der Waals surface area (Å²) in [7, 11) is 1.55. The zero-order valence-corrected chi connectivity index (χ0v) is 11.7. The molecule has 88 valence electrons. The van der Waals surface area contributed by atoms with Gasteiger partial charge in [-0.15, -0.1) is 12.4 Å². The monoisotopic (exact) mass is 354 g/mol. The van der Waals surface area contributed by atoms with Crippen LogP contribution in [0, 0.1) is 3.57 Å². The Labute approximate surface area is 114 Å². The van der Waals surface area contributed by atoms with Crippen LogP contribution in [0.15, 0.2) is 17.1 Å². The molecule has 0 aliphatic carbocycles. The number of aliphatic imine (C=N–C) groups is 1. The number of methoxy groups -OCH3 is 1. The highest BCUT2D eigenvalue weighted by Gasteiger charge is 2.16. The van der Waals surface area contributed by atoms with E-state index in [4.69, 9.17) is 4.74 Å². The van der Waals surface area contributed by atoms with E-state index in [2.05, 4.69) is 27.6 Å². The number of hydrogen-bond donors (Lipinski definition) is 1. The normalized spacial score (nSPS) is 13.8. The summed E-state index contributed by atoms with van der Waals surface area (Å²) in [6.07, 6.45) is 1.74. The van der Waals surface area contributed by atoms with Crippen LogP contribution in [0.25, 0.3) is 0 Å². The van der Waals surface area contributed by atoms with Crippen molar-refractivity contribution < 1.29 is 9.84 Å². The number of rotatable bonds is 2. The van der Waals surface area contributed by atoms with Gasteiger partial charge in [0.05, 0.1) is 25.7 Å². The lowest BCUT2D eigenvalue weighted by Crippen LogP contribution is -2.18. The molecule has 1 aliphatic rings. The number of anilines is 1. The van der Waals surface area contributed by atoms with Crippen molar-refractivity contribution in [1.82, 2.24) is 0 Å². The Bertz CT molecular complexity index is 412. The number of hydrogen-bond acceptors (Lipinski definition) is 4. The lowest BCUT2D eigenvalue weighted by atomic mass is 10.2. The quantitative estimate of drug-likeness (QED) is 0.829. The highest BCUT2D eigenvalue weighted by Crippen LogP contribution is 2.38. The lowest BCUT2D eigenvalue weighted by Gasteiger charge is -2.17. The van der Waals surface area contributed by atoms with Crippen molar-refractivity contribution in [3.8, 4) is 11.5 Å². The molecule has 0 aromatic heterocycles. The molecule has 0 amide bonds. The van der Waals surface area contributed by atoms with Crippen LogP contribution >= 0.6 is 35.0 Å². The Morgan fingerprint density at radius 1 is 1.50 bits per heavy atom. The molecule has 1 aliphatic heterocycles. The van der Waals surface area contributed by atoms with Crippen molar-refractivity contribution in [2.24, 2.45) is 4.99 Å². The van der Waals surface area contributed by atoms with Crippen LogP contribution in [0.5, 0.6) is 11.5 Å². The molecule has 0 bridgehead atoms. The third-order valence-corrected chi connectivity index (χ3v) is 2.86. The molecule has 0 saturated carbocycles. The van der Waals surface area contributed by atoms with E-state index >= 15 is 0 Å². The van der Waals surface area contributed by atoms with E-state index in [-0.39, 0.29) is 18.2 Å². The van der Waals surface area contributed by atoms with Crippen LogP contribution in [0.3, 0.4) is 0 Å². The summed E-state index contributed by atoms with van der Waals surface area (Å²) in [6, 6.07) is 3.71. The number of nitrogens with zero attached hydrogens (tertiary/aromatic N) is 2. The first-order chi connectivity index (χ1) is 7.22. The molecular formula is C10H12ClIN2O2. The molecular weight excluding hydrogens is 342 g/mol. The Hall–Kier alpha value is -0.690. The van der Waals surface area contributed by atoms with E-state index in [9.17, 15) is 5.11 Å². The molecule has 0 spiro atoms. The standard InChI is InChI=1S/C10H11IN2O2.ClH/c1-15-9-5-7(11)4-8(10(9)14)13-3-2-12-6-13;/h4-6,14H,2-3H2,1H3;1H. The van der Waals surface area contributed by atoms with Gasteiger partial charge in [0.25, 0.3) is 0 Å². The van der Waals surface area contributed by atoms with Crippen molar-refractivity contribution in [3.05, 3.63) is 15.7 Å². The van der Waals surface area contributed by atoms with Gasteiger partial charge in [0.2, 0.25) is 0 Å². The number of phenolic OH excluding ortho intramolecular Hbond substituents is 1. The maximum absolute atomic E-state index is 9.94. The van der Waals surface area contributed by atoms with Gasteiger partial charge in [-0.2, -0.15) is 0 Å². The first-order valence-corrected chi connectivity index (χ1v) is 5.63. The zero-order valence-electron chi connectivity index (χ0n) is 8.68. The van der Waals surface area contributed by atoms with Crippen molar-refractivity contribution in [2.75, 3.05) is 25.1 Å². The second-order valence-electron chi connectivity index (χ2n) is 3.19. The average molecular weight is 355 g/mol. The Kier molecular flexibility index (Phi) is 4.67. The average Bonchev–Trinajstić information content (AvgIpc) is 2.74. The van der Waals surface area contributed by atoms with Gasteiger partial charge in [-0.25, -0.2) is 0 Å². The zero-order chi connectivity index (χ0) is 10.8. The summed E-state index contributed by atoms with van der Waals surface area (Å²) in [5, 5.41) is 9.94. The minimum Gasteiger partial charge on any atom is -0.503 e. The maximum atomic E-state index is 9.94.